The summed E-state index contributed by atoms with van der Waals surface area (Å²) in [7, 11) is 0. The number of fused-ring (bicyclic) bond motifs is 1. The first-order valence-corrected chi connectivity index (χ1v) is 7.05. The second-order valence-corrected chi connectivity index (χ2v) is 5.41. The van der Waals surface area contributed by atoms with E-state index < -0.39 is 0 Å². The van der Waals surface area contributed by atoms with Gasteiger partial charge in [0.15, 0.2) is 0 Å². The molecule has 3 heterocycles. The third kappa shape index (κ3) is 2.47. The van der Waals surface area contributed by atoms with Gasteiger partial charge in [-0.2, -0.15) is 0 Å². The molecule has 1 N–H and O–H groups in total. The van der Waals surface area contributed by atoms with Gasteiger partial charge in [0.05, 0.1) is 22.7 Å². The summed E-state index contributed by atoms with van der Waals surface area (Å²) in [5.41, 5.74) is 2.60. The summed E-state index contributed by atoms with van der Waals surface area (Å²) in [4.78, 5) is 16.5. The fourth-order valence-electron chi connectivity index (χ4n) is 2.51. The van der Waals surface area contributed by atoms with Crippen LogP contribution in [-0.2, 0) is 0 Å². The lowest BCUT2D eigenvalue weighted by Gasteiger charge is -2.13. The second-order valence-electron chi connectivity index (χ2n) is 5.41. The molecule has 1 atom stereocenters. The number of amides is 1. The van der Waals surface area contributed by atoms with Crippen LogP contribution in [0.5, 0.6) is 0 Å². The Bertz CT molecular complexity index is 848. The van der Waals surface area contributed by atoms with Crippen LogP contribution >= 0.6 is 0 Å². The standard InChI is InChI=1S/C16H17N3O3/c1-8-5-13(11(4)21-8)9(2)18-15(20)12-6-14-10(3)19-22-16(14)17-7-12/h5-7,9H,1-4H3,(H,18,20)/t9-/m0/s1. The van der Waals surface area contributed by atoms with Gasteiger partial charge in [-0.3, -0.25) is 4.79 Å². The minimum Gasteiger partial charge on any atom is -0.466 e. The number of carbonyl (C=O) groups is 1. The van der Waals surface area contributed by atoms with Gasteiger partial charge in [-0.25, -0.2) is 4.98 Å². The Kier molecular flexibility index (Phi) is 3.44. The maximum Gasteiger partial charge on any atom is 0.257 e. The average molecular weight is 299 g/mol. The van der Waals surface area contributed by atoms with Crippen molar-refractivity contribution in [2.24, 2.45) is 0 Å². The molecule has 0 aliphatic carbocycles. The molecule has 114 valence electrons. The first-order valence-electron chi connectivity index (χ1n) is 7.05. The SMILES string of the molecule is Cc1cc([C@H](C)NC(=O)c2cnc3onc(C)c3c2)c(C)o1. The Morgan fingerprint density at radius 3 is 2.73 bits per heavy atom. The number of aryl methyl sites for hydroxylation is 3. The summed E-state index contributed by atoms with van der Waals surface area (Å²) in [6, 6.07) is 3.53. The lowest BCUT2D eigenvalue weighted by atomic mass is 10.1. The fraction of sp³-hybridized carbons (Fsp3) is 0.312. The molecule has 0 bridgehead atoms. The van der Waals surface area contributed by atoms with E-state index in [-0.39, 0.29) is 11.9 Å². The molecule has 22 heavy (non-hydrogen) atoms. The summed E-state index contributed by atoms with van der Waals surface area (Å²) in [6.45, 7) is 7.51. The Morgan fingerprint density at radius 2 is 2.05 bits per heavy atom. The number of carbonyl (C=O) groups excluding carboxylic acids is 1. The van der Waals surface area contributed by atoms with E-state index in [1.807, 2.05) is 33.8 Å². The zero-order valence-electron chi connectivity index (χ0n) is 12.9. The van der Waals surface area contributed by atoms with E-state index in [9.17, 15) is 4.79 Å². The zero-order chi connectivity index (χ0) is 15.9. The highest BCUT2D eigenvalue weighted by atomic mass is 16.5. The van der Waals surface area contributed by atoms with Crippen molar-refractivity contribution in [3.05, 3.63) is 46.7 Å². The highest BCUT2D eigenvalue weighted by molar-refractivity contribution is 5.97. The molecular weight excluding hydrogens is 282 g/mol. The number of pyridine rings is 1. The second kappa shape index (κ2) is 5.29. The highest BCUT2D eigenvalue weighted by Gasteiger charge is 2.17. The van der Waals surface area contributed by atoms with E-state index in [0.29, 0.717) is 17.0 Å². The maximum atomic E-state index is 12.4. The molecule has 0 aromatic carbocycles. The van der Waals surface area contributed by atoms with Crippen molar-refractivity contribution in [3.63, 3.8) is 0 Å². The summed E-state index contributed by atoms with van der Waals surface area (Å²) in [5, 5.41) is 7.54. The predicted octanol–water partition coefficient (Wildman–Crippen LogP) is 3.23. The molecule has 0 saturated carbocycles. The number of hydrogen-bond donors (Lipinski definition) is 1. The van der Waals surface area contributed by atoms with Crippen LogP contribution in [0.15, 0.2) is 27.3 Å². The Hall–Kier alpha value is -2.63. The van der Waals surface area contributed by atoms with Crippen LogP contribution < -0.4 is 5.32 Å². The smallest absolute Gasteiger partial charge is 0.257 e. The van der Waals surface area contributed by atoms with Crippen molar-refractivity contribution >= 4 is 17.0 Å². The number of nitrogens with zero attached hydrogens (tertiary/aromatic N) is 2. The van der Waals surface area contributed by atoms with Crippen LogP contribution in [0.25, 0.3) is 11.1 Å². The van der Waals surface area contributed by atoms with Crippen LogP contribution in [0.2, 0.25) is 0 Å². The van der Waals surface area contributed by atoms with Gasteiger partial charge in [0.1, 0.15) is 11.5 Å². The first-order chi connectivity index (χ1) is 10.5. The third-order valence-electron chi connectivity index (χ3n) is 3.67. The molecule has 3 aromatic heterocycles. The van der Waals surface area contributed by atoms with Crippen LogP contribution in [0.1, 0.15) is 46.1 Å². The molecule has 3 aromatic rings. The summed E-state index contributed by atoms with van der Waals surface area (Å²) >= 11 is 0. The number of hydrogen-bond acceptors (Lipinski definition) is 5. The zero-order valence-corrected chi connectivity index (χ0v) is 12.9. The fourth-order valence-corrected chi connectivity index (χ4v) is 2.51. The van der Waals surface area contributed by atoms with Gasteiger partial charge in [0, 0.05) is 11.8 Å². The first kappa shape index (κ1) is 14.3. The summed E-state index contributed by atoms with van der Waals surface area (Å²) < 4.78 is 10.5. The topological polar surface area (TPSA) is 81.2 Å². The van der Waals surface area contributed by atoms with Gasteiger partial charge >= 0.3 is 0 Å². The van der Waals surface area contributed by atoms with E-state index in [0.717, 1.165) is 22.5 Å². The predicted molar refractivity (Wildman–Crippen MR) is 80.6 cm³/mol. The van der Waals surface area contributed by atoms with Crippen LogP contribution in [-0.4, -0.2) is 16.0 Å². The van der Waals surface area contributed by atoms with Crippen LogP contribution in [0.4, 0.5) is 0 Å². The monoisotopic (exact) mass is 299 g/mol. The van der Waals surface area contributed by atoms with Gasteiger partial charge in [-0.05, 0) is 39.8 Å². The molecule has 0 aliphatic rings. The lowest BCUT2D eigenvalue weighted by Crippen LogP contribution is -2.26. The van der Waals surface area contributed by atoms with Crippen LogP contribution in [0, 0.1) is 20.8 Å². The largest absolute Gasteiger partial charge is 0.466 e. The quantitative estimate of drug-likeness (QED) is 0.803. The van der Waals surface area contributed by atoms with Crippen molar-refractivity contribution in [1.82, 2.24) is 15.5 Å². The van der Waals surface area contributed by atoms with Crippen LogP contribution in [0.3, 0.4) is 0 Å². The molecule has 0 radical (unpaired) electrons. The van der Waals surface area contributed by atoms with Crippen molar-refractivity contribution in [2.75, 3.05) is 0 Å². The van der Waals surface area contributed by atoms with Crippen molar-refractivity contribution < 1.29 is 13.7 Å². The molecule has 1 amide bonds. The molecule has 0 aliphatic heterocycles. The van der Waals surface area contributed by atoms with E-state index >= 15 is 0 Å². The molecule has 6 heteroatoms. The minimum absolute atomic E-state index is 0.149. The van der Waals surface area contributed by atoms with Crippen molar-refractivity contribution in [3.8, 4) is 0 Å². The van der Waals surface area contributed by atoms with E-state index in [2.05, 4.69) is 15.5 Å². The van der Waals surface area contributed by atoms with Crippen molar-refractivity contribution in [1.29, 1.82) is 0 Å². The number of rotatable bonds is 3. The third-order valence-corrected chi connectivity index (χ3v) is 3.67. The summed E-state index contributed by atoms with van der Waals surface area (Å²) in [6.07, 6.45) is 1.49. The minimum atomic E-state index is -0.194. The molecule has 0 fully saturated rings. The van der Waals surface area contributed by atoms with Gasteiger partial charge in [0.2, 0.25) is 0 Å². The molecule has 3 rings (SSSR count). The van der Waals surface area contributed by atoms with Gasteiger partial charge in [0.25, 0.3) is 11.6 Å². The van der Waals surface area contributed by atoms with E-state index in [4.69, 9.17) is 8.94 Å². The number of furan rings is 1. The Balaban J connectivity index is 1.83. The molecule has 0 saturated heterocycles. The molecule has 6 nitrogen and oxygen atoms in total. The average Bonchev–Trinajstić information content (AvgIpc) is 3.01. The molecular formula is C16H17N3O3. The van der Waals surface area contributed by atoms with Gasteiger partial charge in [-0.15, -0.1) is 0 Å². The maximum absolute atomic E-state index is 12.4. The molecule has 0 unspecified atom stereocenters. The van der Waals surface area contributed by atoms with Gasteiger partial charge in [-0.1, -0.05) is 5.16 Å². The number of nitrogens with one attached hydrogen (secondary N) is 1. The lowest BCUT2D eigenvalue weighted by molar-refractivity contribution is 0.0939. The highest BCUT2D eigenvalue weighted by Crippen LogP contribution is 2.22. The van der Waals surface area contributed by atoms with Crippen molar-refractivity contribution in [2.45, 2.75) is 33.7 Å². The van der Waals surface area contributed by atoms with Gasteiger partial charge < -0.3 is 14.3 Å². The normalized spacial score (nSPS) is 12.5. The van der Waals surface area contributed by atoms with E-state index in [1.165, 1.54) is 6.20 Å². The Morgan fingerprint density at radius 1 is 1.27 bits per heavy atom. The van der Waals surface area contributed by atoms with E-state index in [1.54, 1.807) is 6.07 Å². The Labute approximate surface area is 127 Å². The number of aromatic nitrogens is 2. The summed E-state index contributed by atoms with van der Waals surface area (Å²) in [5.74, 6) is 1.45. The molecule has 0 spiro atoms.